The van der Waals surface area contributed by atoms with Crippen LogP contribution in [0.2, 0.25) is 0 Å². The van der Waals surface area contributed by atoms with Crippen LogP contribution in [0, 0.1) is 0 Å². The van der Waals surface area contributed by atoms with Gasteiger partial charge in [0.1, 0.15) is 5.76 Å². The van der Waals surface area contributed by atoms with Crippen molar-refractivity contribution in [3.05, 3.63) is 60.1 Å². The Morgan fingerprint density at radius 3 is 2.50 bits per heavy atom. The highest BCUT2D eigenvalue weighted by molar-refractivity contribution is 5.78. The maximum atomic E-state index is 12.0. The minimum atomic E-state index is -0.905. The molecule has 5 heteroatoms. The van der Waals surface area contributed by atoms with Crippen molar-refractivity contribution >= 4 is 11.9 Å². The third-order valence-electron chi connectivity index (χ3n) is 3.40. The molecular weight excluding hydrogens is 282 g/mol. The molecule has 116 valence electrons. The summed E-state index contributed by atoms with van der Waals surface area (Å²) in [6, 6.07) is 12.9. The van der Waals surface area contributed by atoms with Crippen LogP contribution in [0.3, 0.4) is 0 Å². The SMILES string of the molecule is O=C(O)C[C@@H](CC(=O)NCCc1ccco1)c1ccccc1. The minimum Gasteiger partial charge on any atom is -0.481 e. The average molecular weight is 301 g/mol. The summed E-state index contributed by atoms with van der Waals surface area (Å²) in [7, 11) is 0. The van der Waals surface area contributed by atoms with E-state index in [0.717, 1.165) is 11.3 Å². The summed E-state index contributed by atoms with van der Waals surface area (Å²) in [5.74, 6) is -0.563. The Labute approximate surface area is 129 Å². The Morgan fingerprint density at radius 1 is 1.09 bits per heavy atom. The lowest BCUT2D eigenvalue weighted by Crippen LogP contribution is -2.27. The van der Waals surface area contributed by atoms with Crippen molar-refractivity contribution in [2.24, 2.45) is 0 Å². The Kier molecular flexibility index (Phi) is 5.77. The van der Waals surface area contributed by atoms with Crippen molar-refractivity contribution in [1.29, 1.82) is 0 Å². The van der Waals surface area contributed by atoms with E-state index in [1.54, 1.807) is 12.3 Å². The van der Waals surface area contributed by atoms with Gasteiger partial charge in [-0.3, -0.25) is 9.59 Å². The van der Waals surface area contributed by atoms with Gasteiger partial charge in [-0.25, -0.2) is 0 Å². The maximum Gasteiger partial charge on any atom is 0.303 e. The van der Waals surface area contributed by atoms with E-state index in [-0.39, 0.29) is 24.7 Å². The quantitative estimate of drug-likeness (QED) is 0.785. The van der Waals surface area contributed by atoms with Crippen LogP contribution in [0.25, 0.3) is 0 Å². The zero-order valence-corrected chi connectivity index (χ0v) is 12.2. The number of rotatable bonds is 8. The molecule has 0 aliphatic carbocycles. The topological polar surface area (TPSA) is 79.5 Å². The van der Waals surface area contributed by atoms with Crippen LogP contribution in [-0.4, -0.2) is 23.5 Å². The number of benzene rings is 1. The summed E-state index contributed by atoms with van der Waals surface area (Å²) in [6.07, 6.45) is 2.31. The second-order valence-corrected chi connectivity index (χ2v) is 5.09. The first-order valence-electron chi connectivity index (χ1n) is 7.21. The molecule has 0 spiro atoms. The van der Waals surface area contributed by atoms with Crippen molar-refractivity contribution in [2.75, 3.05) is 6.54 Å². The molecule has 2 aromatic rings. The van der Waals surface area contributed by atoms with Crippen molar-refractivity contribution in [1.82, 2.24) is 5.32 Å². The van der Waals surface area contributed by atoms with Crippen LogP contribution in [0.1, 0.15) is 30.1 Å². The van der Waals surface area contributed by atoms with Gasteiger partial charge < -0.3 is 14.8 Å². The summed E-state index contributed by atoms with van der Waals surface area (Å²) in [5.41, 5.74) is 0.867. The molecule has 2 N–H and O–H groups in total. The van der Waals surface area contributed by atoms with Crippen molar-refractivity contribution in [3.8, 4) is 0 Å². The molecule has 1 amide bonds. The first kappa shape index (κ1) is 15.8. The van der Waals surface area contributed by atoms with Crippen LogP contribution in [-0.2, 0) is 16.0 Å². The van der Waals surface area contributed by atoms with E-state index in [0.29, 0.717) is 13.0 Å². The van der Waals surface area contributed by atoms with Crippen molar-refractivity contribution in [2.45, 2.75) is 25.2 Å². The zero-order chi connectivity index (χ0) is 15.8. The minimum absolute atomic E-state index is 0.0599. The van der Waals surface area contributed by atoms with Crippen LogP contribution in [0.4, 0.5) is 0 Å². The number of nitrogens with one attached hydrogen (secondary N) is 1. The fraction of sp³-hybridized carbons (Fsp3) is 0.294. The molecule has 2 rings (SSSR count). The van der Waals surface area contributed by atoms with Gasteiger partial charge in [-0.1, -0.05) is 30.3 Å². The highest BCUT2D eigenvalue weighted by Gasteiger charge is 2.19. The monoisotopic (exact) mass is 301 g/mol. The molecular formula is C17H19NO4. The highest BCUT2D eigenvalue weighted by Crippen LogP contribution is 2.23. The smallest absolute Gasteiger partial charge is 0.303 e. The van der Waals surface area contributed by atoms with Gasteiger partial charge in [0.25, 0.3) is 0 Å². The number of amides is 1. The number of furan rings is 1. The lowest BCUT2D eigenvalue weighted by atomic mass is 9.92. The van der Waals surface area contributed by atoms with Gasteiger partial charge in [0.2, 0.25) is 5.91 Å². The number of carboxylic acid groups (broad SMARTS) is 1. The number of carbonyl (C=O) groups excluding carboxylic acids is 1. The molecule has 0 unspecified atom stereocenters. The van der Waals surface area contributed by atoms with Gasteiger partial charge >= 0.3 is 5.97 Å². The molecule has 1 aromatic heterocycles. The highest BCUT2D eigenvalue weighted by atomic mass is 16.4. The van der Waals surface area contributed by atoms with Crippen molar-refractivity contribution < 1.29 is 19.1 Å². The van der Waals surface area contributed by atoms with Crippen molar-refractivity contribution in [3.63, 3.8) is 0 Å². The van der Waals surface area contributed by atoms with Gasteiger partial charge in [0.05, 0.1) is 12.7 Å². The maximum absolute atomic E-state index is 12.0. The number of aliphatic carboxylic acids is 1. The van der Waals surface area contributed by atoms with E-state index in [9.17, 15) is 9.59 Å². The molecule has 0 saturated carbocycles. The van der Waals surface area contributed by atoms with Crippen LogP contribution >= 0.6 is 0 Å². The predicted molar refractivity (Wildman–Crippen MR) is 81.5 cm³/mol. The number of hydrogen-bond acceptors (Lipinski definition) is 3. The van der Waals surface area contributed by atoms with E-state index in [2.05, 4.69) is 5.32 Å². The van der Waals surface area contributed by atoms with E-state index >= 15 is 0 Å². The van der Waals surface area contributed by atoms with E-state index in [4.69, 9.17) is 9.52 Å². The number of hydrogen-bond donors (Lipinski definition) is 2. The van der Waals surface area contributed by atoms with Gasteiger partial charge in [-0.05, 0) is 17.7 Å². The first-order chi connectivity index (χ1) is 10.6. The molecule has 0 saturated heterocycles. The second-order valence-electron chi connectivity index (χ2n) is 5.09. The predicted octanol–water partition coefficient (Wildman–Crippen LogP) is 2.59. The van der Waals surface area contributed by atoms with Gasteiger partial charge in [0.15, 0.2) is 0 Å². The summed E-state index contributed by atoms with van der Waals surface area (Å²) in [6.45, 7) is 0.473. The molecule has 1 atom stereocenters. The number of carbonyl (C=O) groups is 2. The molecule has 1 aromatic carbocycles. The lowest BCUT2D eigenvalue weighted by molar-refractivity contribution is -0.137. The van der Waals surface area contributed by atoms with Crippen LogP contribution in [0.5, 0.6) is 0 Å². The van der Waals surface area contributed by atoms with E-state index in [1.165, 1.54) is 0 Å². The summed E-state index contributed by atoms with van der Waals surface area (Å²) in [4.78, 5) is 23.0. The first-order valence-corrected chi connectivity index (χ1v) is 7.21. The second kappa shape index (κ2) is 8.02. The zero-order valence-electron chi connectivity index (χ0n) is 12.2. The molecule has 5 nitrogen and oxygen atoms in total. The fourth-order valence-corrected chi connectivity index (χ4v) is 2.32. The third kappa shape index (κ3) is 5.09. The van der Waals surface area contributed by atoms with E-state index < -0.39 is 5.97 Å². The Hall–Kier alpha value is -2.56. The molecule has 0 bridgehead atoms. The average Bonchev–Trinajstić information content (AvgIpc) is 3.00. The molecule has 1 heterocycles. The molecule has 0 fully saturated rings. The molecule has 0 radical (unpaired) electrons. The molecule has 0 aliphatic heterocycles. The normalized spacial score (nSPS) is 11.8. The van der Waals surface area contributed by atoms with Gasteiger partial charge in [-0.15, -0.1) is 0 Å². The summed E-state index contributed by atoms with van der Waals surface area (Å²) < 4.78 is 5.19. The molecule has 22 heavy (non-hydrogen) atoms. The molecule has 0 aliphatic rings. The fourth-order valence-electron chi connectivity index (χ4n) is 2.32. The summed E-state index contributed by atoms with van der Waals surface area (Å²) >= 11 is 0. The largest absolute Gasteiger partial charge is 0.481 e. The third-order valence-corrected chi connectivity index (χ3v) is 3.40. The van der Waals surface area contributed by atoms with Gasteiger partial charge in [-0.2, -0.15) is 0 Å². The Balaban J connectivity index is 1.86. The van der Waals surface area contributed by atoms with E-state index in [1.807, 2.05) is 36.4 Å². The van der Waals surface area contributed by atoms with Gasteiger partial charge in [0, 0.05) is 25.3 Å². The Morgan fingerprint density at radius 2 is 1.86 bits per heavy atom. The van der Waals surface area contributed by atoms with Crippen LogP contribution < -0.4 is 5.32 Å². The standard InChI is InChI=1S/C17H19NO4/c19-16(18-9-8-15-7-4-10-22-15)11-14(12-17(20)21)13-5-2-1-3-6-13/h1-7,10,14H,8-9,11-12H2,(H,18,19)(H,20,21)/t14-/m1/s1. The van der Waals surface area contributed by atoms with Crippen LogP contribution in [0.15, 0.2) is 53.1 Å². The summed E-state index contributed by atoms with van der Waals surface area (Å²) in [5, 5.41) is 11.8. The lowest BCUT2D eigenvalue weighted by Gasteiger charge is -2.15. The Bertz CT molecular complexity index is 592. The number of carboxylic acids is 1.